The zero-order valence-electron chi connectivity index (χ0n) is 12.9. The number of hydrogen-bond donors (Lipinski definition) is 0. The summed E-state index contributed by atoms with van der Waals surface area (Å²) in [6, 6.07) is 4.93. The molecule has 0 spiro atoms. The number of carbonyl (C=O) groups excluding carboxylic acids is 1. The normalized spacial score (nSPS) is 21.4. The van der Waals surface area contributed by atoms with E-state index in [1.165, 1.54) is 4.90 Å². The Kier molecular flexibility index (Phi) is 5.02. The number of carbonyl (C=O) groups is 1. The molecule has 0 N–H and O–H groups in total. The summed E-state index contributed by atoms with van der Waals surface area (Å²) in [5, 5.41) is 0.639. The molecule has 1 saturated heterocycles. The second-order valence-electron chi connectivity index (χ2n) is 5.68. The lowest BCUT2D eigenvalue weighted by Gasteiger charge is -2.26. The van der Waals surface area contributed by atoms with Crippen LogP contribution in [0.2, 0.25) is 5.02 Å². The number of sulfone groups is 1. The van der Waals surface area contributed by atoms with E-state index in [4.69, 9.17) is 16.3 Å². The van der Waals surface area contributed by atoms with Gasteiger partial charge in [-0.1, -0.05) is 11.6 Å². The Morgan fingerprint density at radius 1 is 1.45 bits per heavy atom. The standard InChI is InChI=1S/C15H20ClNO4S/c1-10-8-13(4-5-14(10)16)21-11(2)15(18)17(3)12-6-7-22(19,20)9-12/h4-5,8,11-12H,6-7,9H2,1-3H3. The summed E-state index contributed by atoms with van der Waals surface area (Å²) in [6.07, 6.45) is -0.203. The second kappa shape index (κ2) is 6.46. The molecule has 0 aliphatic carbocycles. The average molecular weight is 346 g/mol. The summed E-state index contributed by atoms with van der Waals surface area (Å²) in [7, 11) is -1.39. The van der Waals surface area contributed by atoms with Crippen molar-refractivity contribution in [1.29, 1.82) is 0 Å². The van der Waals surface area contributed by atoms with Crippen LogP contribution in [0.3, 0.4) is 0 Å². The van der Waals surface area contributed by atoms with Crippen LogP contribution in [0.5, 0.6) is 5.75 Å². The van der Waals surface area contributed by atoms with Crippen LogP contribution in [0, 0.1) is 6.92 Å². The van der Waals surface area contributed by atoms with Crippen molar-refractivity contribution < 1.29 is 17.9 Å². The molecule has 7 heteroatoms. The van der Waals surface area contributed by atoms with E-state index >= 15 is 0 Å². The number of ether oxygens (including phenoxy) is 1. The molecule has 1 aromatic rings. The molecule has 5 nitrogen and oxygen atoms in total. The van der Waals surface area contributed by atoms with Crippen LogP contribution in [-0.2, 0) is 14.6 Å². The molecule has 0 radical (unpaired) electrons. The summed E-state index contributed by atoms with van der Waals surface area (Å²) in [5.74, 6) is 0.507. The Labute approximate surface area is 136 Å². The Hall–Kier alpha value is -1.27. The molecule has 0 aromatic heterocycles. The quantitative estimate of drug-likeness (QED) is 0.838. The fourth-order valence-electron chi connectivity index (χ4n) is 2.49. The van der Waals surface area contributed by atoms with Crippen molar-refractivity contribution in [3.8, 4) is 5.75 Å². The van der Waals surface area contributed by atoms with Crippen LogP contribution in [0.15, 0.2) is 18.2 Å². The lowest BCUT2D eigenvalue weighted by Crippen LogP contribution is -2.44. The van der Waals surface area contributed by atoms with Gasteiger partial charge in [0.2, 0.25) is 0 Å². The summed E-state index contributed by atoms with van der Waals surface area (Å²) in [4.78, 5) is 13.9. The topological polar surface area (TPSA) is 63.7 Å². The molecule has 1 aromatic carbocycles. The first-order chi connectivity index (χ1) is 10.2. The maximum atomic E-state index is 12.4. The predicted octanol–water partition coefficient (Wildman–Crippen LogP) is 2.06. The van der Waals surface area contributed by atoms with Crippen LogP contribution in [0.25, 0.3) is 0 Å². The molecule has 1 aliphatic rings. The molecule has 122 valence electrons. The van der Waals surface area contributed by atoms with E-state index in [2.05, 4.69) is 0 Å². The highest BCUT2D eigenvalue weighted by Crippen LogP contribution is 2.23. The van der Waals surface area contributed by atoms with Crippen LogP contribution >= 0.6 is 11.6 Å². The number of likely N-dealkylation sites (N-methyl/N-ethyl adjacent to an activating group) is 1. The number of rotatable bonds is 4. The summed E-state index contributed by atoms with van der Waals surface area (Å²) in [5.41, 5.74) is 0.869. The van der Waals surface area contributed by atoms with Gasteiger partial charge in [0.15, 0.2) is 15.9 Å². The van der Waals surface area contributed by atoms with Gasteiger partial charge in [0.1, 0.15) is 5.75 Å². The summed E-state index contributed by atoms with van der Waals surface area (Å²) in [6.45, 7) is 3.52. The second-order valence-corrected chi connectivity index (χ2v) is 8.31. The van der Waals surface area contributed by atoms with Crippen LogP contribution < -0.4 is 4.74 Å². The van der Waals surface area contributed by atoms with E-state index in [1.54, 1.807) is 32.2 Å². The number of nitrogens with zero attached hydrogens (tertiary/aromatic N) is 1. The van der Waals surface area contributed by atoms with E-state index in [0.717, 1.165) is 5.56 Å². The van der Waals surface area contributed by atoms with Gasteiger partial charge in [-0.2, -0.15) is 0 Å². The molecule has 2 atom stereocenters. The van der Waals surface area contributed by atoms with Crippen LogP contribution in [-0.4, -0.2) is 49.9 Å². The average Bonchev–Trinajstić information content (AvgIpc) is 2.81. The van der Waals surface area contributed by atoms with Crippen molar-refractivity contribution in [3.63, 3.8) is 0 Å². The van der Waals surface area contributed by atoms with Crippen molar-refractivity contribution in [2.24, 2.45) is 0 Å². The van der Waals surface area contributed by atoms with Gasteiger partial charge in [-0.3, -0.25) is 4.79 Å². The smallest absolute Gasteiger partial charge is 0.263 e. The number of amides is 1. The highest BCUT2D eigenvalue weighted by Gasteiger charge is 2.34. The van der Waals surface area contributed by atoms with Gasteiger partial charge >= 0.3 is 0 Å². The number of benzene rings is 1. The van der Waals surface area contributed by atoms with Gasteiger partial charge in [0.05, 0.1) is 11.5 Å². The molecule has 2 unspecified atom stereocenters. The molecule has 22 heavy (non-hydrogen) atoms. The van der Waals surface area contributed by atoms with Gasteiger partial charge < -0.3 is 9.64 Å². The first kappa shape index (κ1) is 17.1. The molecule has 0 saturated carbocycles. The third-order valence-corrected chi connectivity index (χ3v) is 6.07. The third kappa shape index (κ3) is 3.93. The lowest BCUT2D eigenvalue weighted by atomic mass is 10.2. The summed E-state index contributed by atoms with van der Waals surface area (Å²) >= 11 is 5.96. The van der Waals surface area contributed by atoms with Crippen molar-refractivity contribution >= 4 is 27.3 Å². The van der Waals surface area contributed by atoms with Gasteiger partial charge in [0.25, 0.3) is 5.91 Å². The highest BCUT2D eigenvalue weighted by atomic mass is 35.5. The minimum atomic E-state index is -3.02. The van der Waals surface area contributed by atoms with E-state index in [-0.39, 0.29) is 23.5 Å². The monoisotopic (exact) mass is 345 g/mol. The fraction of sp³-hybridized carbons (Fsp3) is 0.533. The SMILES string of the molecule is Cc1cc(OC(C)C(=O)N(C)C2CCS(=O)(=O)C2)ccc1Cl. The fourth-order valence-corrected chi connectivity index (χ4v) is 4.38. The lowest BCUT2D eigenvalue weighted by molar-refractivity contribution is -0.138. The zero-order valence-corrected chi connectivity index (χ0v) is 14.4. The van der Waals surface area contributed by atoms with E-state index in [0.29, 0.717) is 17.2 Å². The van der Waals surface area contributed by atoms with Crippen molar-refractivity contribution in [3.05, 3.63) is 28.8 Å². The largest absolute Gasteiger partial charge is 0.481 e. The Morgan fingerprint density at radius 3 is 2.68 bits per heavy atom. The maximum absolute atomic E-state index is 12.4. The van der Waals surface area contributed by atoms with Gasteiger partial charge in [-0.15, -0.1) is 0 Å². The molecular formula is C15H20ClNO4S. The molecule has 0 bridgehead atoms. The Balaban J connectivity index is 2.01. The molecule has 1 aliphatic heterocycles. The number of aryl methyl sites for hydroxylation is 1. The van der Waals surface area contributed by atoms with Crippen molar-refractivity contribution in [2.75, 3.05) is 18.6 Å². The minimum absolute atomic E-state index is 0.0298. The van der Waals surface area contributed by atoms with Crippen molar-refractivity contribution in [1.82, 2.24) is 4.90 Å². The van der Waals surface area contributed by atoms with Crippen LogP contribution in [0.1, 0.15) is 18.9 Å². The van der Waals surface area contributed by atoms with E-state index < -0.39 is 15.9 Å². The first-order valence-electron chi connectivity index (χ1n) is 7.09. The van der Waals surface area contributed by atoms with Gasteiger partial charge in [0, 0.05) is 18.1 Å². The highest BCUT2D eigenvalue weighted by molar-refractivity contribution is 7.91. The number of halogens is 1. The van der Waals surface area contributed by atoms with Gasteiger partial charge in [-0.25, -0.2) is 8.42 Å². The Bertz CT molecular complexity index is 674. The molecule has 1 amide bonds. The van der Waals surface area contributed by atoms with Gasteiger partial charge in [-0.05, 0) is 44.0 Å². The van der Waals surface area contributed by atoms with Crippen LogP contribution in [0.4, 0.5) is 0 Å². The molecule has 1 heterocycles. The molecule has 1 fully saturated rings. The predicted molar refractivity (Wildman–Crippen MR) is 86.1 cm³/mol. The number of hydrogen-bond acceptors (Lipinski definition) is 4. The molecular weight excluding hydrogens is 326 g/mol. The first-order valence-corrected chi connectivity index (χ1v) is 9.29. The van der Waals surface area contributed by atoms with E-state index in [1.807, 2.05) is 6.92 Å². The minimum Gasteiger partial charge on any atom is -0.481 e. The Morgan fingerprint density at radius 2 is 2.14 bits per heavy atom. The van der Waals surface area contributed by atoms with E-state index in [9.17, 15) is 13.2 Å². The maximum Gasteiger partial charge on any atom is 0.263 e. The van der Waals surface area contributed by atoms with Crippen molar-refractivity contribution in [2.45, 2.75) is 32.4 Å². The summed E-state index contributed by atoms with van der Waals surface area (Å²) < 4.78 is 28.7. The zero-order chi connectivity index (χ0) is 16.5. The molecule has 2 rings (SSSR count). The third-order valence-electron chi connectivity index (χ3n) is 3.89.